The average molecular weight is 323 g/mol. The van der Waals surface area contributed by atoms with Gasteiger partial charge in [-0.25, -0.2) is 0 Å². The first-order valence-electron chi connectivity index (χ1n) is 8.38. The van der Waals surface area contributed by atoms with Gasteiger partial charge >= 0.3 is 0 Å². The Balaban J connectivity index is 1.67. The zero-order chi connectivity index (χ0) is 17.1. The fourth-order valence-electron chi connectivity index (χ4n) is 3.22. The molecule has 0 radical (unpaired) electrons. The van der Waals surface area contributed by atoms with Crippen molar-refractivity contribution in [2.75, 3.05) is 11.9 Å². The number of rotatable bonds is 4. The van der Waals surface area contributed by atoms with E-state index >= 15 is 0 Å². The normalized spacial score (nSPS) is 17.7. The van der Waals surface area contributed by atoms with Gasteiger partial charge in [0.15, 0.2) is 11.8 Å². The molecule has 0 bridgehead atoms. The maximum absolute atomic E-state index is 12.6. The molecule has 2 aromatic rings. The molecule has 0 aliphatic carbocycles. The summed E-state index contributed by atoms with van der Waals surface area (Å²) >= 11 is 0. The zero-order valence-corrected chi connectivity index (χ0v) is 14.1. The quantitative estimate of drug-likeness (QED) is 0.844. The molecule has 2 atom stereocenters. The van der Waals surface area contributed by atoms with E-state index in [1.807, 2.05) is 13.0 Å². The summed E-state index contributed by atoms with van der Waals surface area (Å²) in [5.74, 6) is -0.0116. The summed E-state index contributed by atoms with van der Waals surface area (Å²) in [5.41, 5.74) is 4.01. The third-order valence-corrected chi connectivity index (χ3v) is 4.79. The lowest BCUT2D eigenvalue weighted by molar-refractivity contribution is -0.929. The van der Waals surface area contributed by atoms with Crippen LogP contribution in [0.4, 0.5) is 5.69 Å². The summed E-state index contributed by atoms with van der Waals surface area (Å²) in [6.45, 7) is 5.32. The van der Waals surface area contributed by atoms with Crippen LogP contribution >= 0.6 is 0 Å². The summed E-state index contributed by atoms with van der Waals surface area (Å²) in [4.78, 5) is 25.3. The highest BCUT2D eigenvalue weighted by Gasteiger charge is 2.28. The number of Topliss-reactive ketones (excluding diaryl/α,β-unsaturated/α-hetero) is 1. The van der Waals surface area contributed by atoms with Gasteiger partial charge in [0, 0.05) is 23.2 Å². The molecule has 1 heterocycles. The largest absolute Gasteiger partial charge is 0.321 e. The summed E-state index contributed by atoms with van der Waals surface area (Å²) in [7, 11) is 0. The number of nitrogens with one attached hydrogen (secondary N) is 2. The van der Waals surface area contributed by atoms with Crippen LogP contribution in [0, 0.1) is 0 Å². The van der Waals surface area contributed by atoms with E-state index in [1.165, 1.54) is 23.0 Å². The number of ketones is 1. The van der Waals surface area contributed by atoms with Crippen LogP contribution in [0.3, 0.4) is 0 Å². The van der Waals surface area contributed by atoms with Crippen molar-refractivity contribution in [2.24, 2.45) is 0 Å². The van der Waals surface area contributed by atoms with Gasteiger partial charge in [-0.3, -0.25) is 9.59 Å². The van der Waals surface area contributed by atoms with E-state index in [0.29, 0.717) is 11.3 Å². The maximum Gasteiger partial charge on any atom is 0.282 e. The lowest BCUT2D eigenvalue weighted by atomic mass is 9.98. The predicted octanol–water partition coefficient (Wildman–Crippen LogP) is 1.86. The molecule has 1 aliphatic heterocycles. The number of fused-ring (bicyclic) bond motifs is 1. The Hall–Kier alpha value is -2.46. The summed E-state index contributed by atoms with van der Waals surface area (Å²) in [5, 5.41) is 2.95. The highest BCUT2D eigenvalue weighted by molar-refractivity contribution is 5.97. The van der Waals surface area contributed by atoms with Crippen LogP contribution < -0.4 is 10.2 Å². The van der Waals surface area contributed by atoms with Crippen molar-refractivity contribution in [3.63, 3.8) is 0 Å². The first-order chi connectivity index (χ1) is 11.5. The molecule has 3 rings (SSSR count). The minimum Gasteiger partial charge on any atom is -0.321 e. The Morgan fingerprint density at radius 1 is 1.08 bits per heavy atom. The van der Waals surface area contributed by atoms with Crippen molar-refractivity contribution in [3.8, 4) is 0 Å². The molecule has 4 nitrogen and oxygen atoms in total. The molecule has 124 valence electrons. The van der Waals surface area contributed by atoms with E-state index in [4.69, 9.17) is 0 Å². The number of benzene rings is 2. The van der Waals surface area contributed by atoms with Crippen molar-refractivity contribution in [3.05, 3.63) is 65.2 Å². The number of carbonyl (C=O) groups is 2. The third-order valence-electron chi connectivity index (χ3n) is 4.79. The molecule has 1 amide bonds. The Labute approximate surface area is 142 Å². The molecule has 0 aromatic heterocycles. The molecule has 1 aliphatic rings. The van der Waals surface area contributed by atoms with Crippen molar-refractivity contribution in [1.29, 1.82) is 0 Å². The third kappa shape index (κ3) is 3.54. The van der Waals surface area contributed by atoms with Gasteiger partial charge in [-0.1, -0.05) is 36.4 Å². The monoisotopic (exact) mass is 323 g/mol. The highest BCUT2D eigenvalue weighted by Crippen LogP contribution is 2.13. The van der Waals surface area contributed by atoms with Crippen LogP contribution in [-0.2, 0) is 17.8 Å². The molecule has 0 fully saturated rings. The molecule has 1 unspecified atom stereocenters. The molecular weight excluding hydrogens is 300 g/mol. The highest BCUT2D eigenvalue weighted by atomic mass is 16.2. The molecule has 2 N–H and O–H groups in total. The van der Waals surface area contributed by atoms with Crippen molar-refractivity contribution >= 4 is 17.4 Å². The van der Waals surface area contributed by atoms with Crippen LogP contribution in [0.25, 0.3) is 0 Å². The van der Waals surface area contributed by atoms with Crippen LogP contribution in [-0.4, -0.2) is 24.3 Å². The average Bonchev–Trinajstić information content (AvgIpc) is 2.60. The number of quaternary nitrogens is 1. The van der Waals surface area contributed by atoms with Crippen LogP contribution in [0.15, 0.2) is 48.5 Å². The van der Waals surface area contributed by atoms with Gasteiger partial charge in [-0.15, -0.1) is 0 Å². The van der Waals surface area contributed by atoms with E-state index in [2.05, 4.69) is 29.6 Å². The Kier molecular flexibility index (Phi) is 4.76. The molecule has 24 heavy (non-hydrogen) atoms. The van der Waals surface area contributed by atoms with E-state index in [1.54, 1.807) is 18.2 Å². The number of carbonyl (C=O) groups excluding carboxylic acids is 2. The van der Waals surface area contributed by atoms with Gasteiger partial charge in [0.2, 0.25) is 0 Å². The number of hydrogen-bond acceptors (Lipinski definition) is 2. The topological polar surface area (TPSA) is 50.6 Å². The second-order valence-corrected chi connectivity index (χ2v) is 6.45. The molecule has 0 spiro atoms. The zero-order valence-electron chi connectivity index (χ0n) is 14.1. The fourth-order valence-corrected chi connectivity index (χ4v) is 3.22. The van der Waals surface area contributed by atoms with Gasteiger partial charge < -0.3 is 10.2 Å². The molecule has 0 saturated carbocycles. The lowest BCUT2D eigenvalue weighted by Crippen LogP contribution is -3.16. The Morgan fingerprint density at radius 3 is 2.58 bits per heavy atom. The smallest absolute Gasteiger partial charge is 0.282 e. The van der Waals surface area contributed by atoms with Crippen molar-refractivity contribution in [2.45, 2.75) is 32.9 Å². The van der Waals surface area contributed by atoms with Crippen LogP contribution in [0.2, 0.25) is 0 Å². The molecule has 0 saturated heterocycles. The summed E-state index contributed by atoms with van der Waals surface area (Å²) < 4.78 is 0. The van der Waals surface area contributed by atoms with E-state index in [0.717, 1.165) is 19.5 Å². The maximum atomic E-state index is 12.6. The summed E-state index contributed by atoms with van der Waals surface area (Å²) in [6, 6.07) is 15.4. The minimum atomic E-state index is -0.139. The van der Waals surface area contributed by atoms with Gasteiger partial charge in [0.1, 0.15) is 6.54 Å². The number of anilines is 1. The van der Waals surface area contributed by atoms with Gasteiger partial charge in [-0.05, 0) is 31.5 Å². The molecule has 2 aromatic carbocycles. The molecule has 4 heteroatoms. The van der Waals surface area contributed by atoms with Gasteiger partial charge in [-0.2, -0.15) is 0 Å². The second-order valence-electron chi connectivity index (χ2n) is 6.45. The Morgan fingerprint density at radius 2 is 1.83 bits per heavy atom. The first-order valence-corrected chi connectivity index (χ1v) is 8.38. The van der Waals surface area contributed by atoms with E-state index in [-0.39, 0.29) is 17.7 Å². The predicted molar refractivity (Wildman–Crippen MR) is 94.2 cm³/mol. The van der Waals surface area contributed by atoms with Gasteiger partial charge in [0.05, 0.1) is 6.54 Å². The standard InChI is InChI=1S/C20H22N2O2/c1-14(22-11-10-16-6-3-4-7-18(16)13-22)20(24)21-19-9-5-8-17(12-19)15(2)23/h3-9,12,14H,10-11,13H2,1-2H3,(H,21,24)/p+1/t14-/m0/s1. The van der Waals surface area contributed by atoms with Gasteiger partial charge in [0.25, 0.3) is 5.91 Å². The lowest BCUT2D eigenvalue weighted by Gasteiger charge is -2.30. The minimum absolute atomic E-state index is 0.00240. The van der Waals surface area contributed by atoms with Crippen molar-refractivity contribution < 1.29 is 14.5 Å². The first kappa shape index (κ1) is 16.4. The van der Waals surface area contributed by atoms with E-state index in [9.17, 15) is 9.59 Å². The number of hydrogen-bond donors (Lipinski definition) is 2. The summed E-state index contributed by atoms with van der Waals surface area (Å²) in [6.07, 6.45) is 1.00. The van der Waals surface area contributed by atoms with Crippen LogP contribution in [0.5, 0.6) is 0 Å². The number of amides is 1. The van der Waals surface area contributed by atoms with E-state index < -0.39 is 0 Å². The Bertz CT molecular complexity index is 770. The van der Waals surface area contributed by atoms with Crippen molar-refractivity contribution in [1.82, 2.24) is 0 Å². The van der Waals surface area contributed by atoms with Crippen LogP contribution in [0.1, 0.15) is 35.3 Å². The SMILES string of the molecule is CC(=O)c1cccc(NC(=O)[C@H](C)[NH+]2CCc3ccccc3C2)c1. The fraction of sp³-hybridized carbons (Fsp3) is 0.300. The second kappa shape index (κ2) is 6.97. The molecular formula is C20H23N2O2+.